The van der Waals surface area contributed by atoms with Crippen LogP contribution in [-0.4, -0.2) is 27.8 Å². The van der Waals surface area contributed by atoms with Crippen molar-refractivity contribution in [1.82, 2.24) is 0 Å². The van der Waals surface area contributed by atoms with Crippen molar-refractivity contribution in [2.45, 2.75) is 13.0 Å². The van der Waals surface area contributed by atoms with Crippen molar-refractivity contribution in [2.75, 3.05) is 11.4 Å². The molecule has 7 heteroatoms. The minimum Gasteiger partial charge on any atom is -0.507 e. The van der Waals surface area contributed by atoms with E-state index in [0.29, 0.717) is 35.8 Å². The monoisotopic (exact) mass is 353 g/mol. The molecule has 2 aromatic carbocycles. The number of carboxylic acid groups (broad SMARTS) is 1. The van der Waals surface area contributed by atoms with Gasteiger partial charge in [0.05, 0.1) is 5.02 Å². The van der Waals surface area contributed by atoms with Gasteiger partial charge in [-0.25, -0.2) is 4.79 Å². The van der Waals surface area contributed by atoms with Gasteiger partial charge in [-0.3, -0.25) is 0 Å². The van der Waals surface area contributed by atoms with E-state index in [1.807, 2.05) is 4.90 Å². The minimum absolute atomic E-state index is 0.00199. The van der Waals surface area contributed by atoms with Crippen LogP contribution in [-0.2, 0) is 13.0 Å². The summed E-state index contributed by atoms with van der Waals surface area (Å²) < 4.78 is 0. The molecule has 0 fully saturated rings. The minimum atomic E-state index is -1.19. The lowest BCUT2D eigenvalue weighted by Crippen LogP contribution is -2.30. The van der Waals surface area contributed by atoms with Crippen LogP contribution in [0.25, 0.3) is 0 Å². The number of rotatable bonds is 2. The van der Waals surface area contributed by atoms with Crippen LogP contribution in [0.15, 0.2) is 24.3 Å². The van der Waals surface area contributed by atoms with E-state index < -0.39 is 5.97 Å². The Bertz CT molecular complexity index is 807. The normalized spacial score (nSPS) is 13.7. The maximum absolute atomic E-state index is 11.0. The predicted octanol–water partition coefficient (Wildman–Crippen LogP) is 3.67. The van der Waals surface area contributed by atoms with Crippen LogP contribution in [0.1, 0.15) is 21.5 Å². The Morgan fingerprint density at radius 3 is 2.48 bits per heavy atom. The standard InChI is InChI=1S/C16H13Cl2NO4/c17-12-6-13(18)15(21)11-7-19(4-3-9(11)12)8-1-2-10(16(22)23)14(20)5-8/h1-2,5-6,20-21H,3-4,7H2,(H,22,23). The average Bonchev–Trinajstić information content (AvgIpc) is 2.51. The molecule has 0 saturated heterocycles. The third-order valence-electron chi connectivity index (χ3n) is 3.98. The molecule has 5 nitrogen and oxygen atoms in total. The summed E-state index contributed by atoms with van der Waals surface area (Å²) in [6.45, 7) is 0.993. The lowest BCUT2D eigenvalue weighted by atomic mass is 9.98. The summed E-state index contributed by atoms with van der Waals surface area (Å²) >= 11 is 12.1. The maximum Gasteiger partial charge on any atom is 0.339 e. The van der Waals surface area contributed by atoms with Gasteiger partial charge in [-0.1, -0.05) is 23.2 Å². The number of phenolic OH excluding ortho intramolecular Hbond substituents is 1. The van der Waals surface area contributed by atoms with Gasteiger partial charge in [0.15, 0.2) is 0 Å². The molecule has 23 heavy (non-hydrogen) atoms. The third-order valence-corrected chi connectivity index (χ3v) is 4.60. The number of anilines is 1. The number of nitrogens with zero attached hydrogens (tertiary/aromatic N) is 1. The van der Waals surface area contributed by atoms with Gasteiger partial charge in [-0.05, 0) is 30.2 Å². The topological polar surface area (TPSA) is 81.0 Å². The Hall–Kier alpha value is -2.11. The van der Waals surface area contributed by atoms with Gasteiger partial charge < -0.3 is 20.2 Å². The Labute approximate surface area is 142 Å². The fourth-order valence-electron chi connectivity index (χ4n) is 2.77. The first-order chi connectivity index (χ1) is 10.9. The average molecular weight is 354 g/mol. The van der Waals surface area contributed by atoms with Gasteiger partial charge in [0.25, 0.3) is 0 Å². The summed E-state index contributed by atoms with van der Waals surface area (Å²) in [4.78, 5) is 12.9. The Balaban J connectivity index is 1.96. The largest absolute Gasteiger partial charge is 0.507 e. The summed E-state index contributed by atoms with van der Waals surface area (Å²) in [5, 5.41) is 29.7. The summed E-state index contributed by atoms with van der Waals surface area (Å²) in [5.74, 6) is -1.48. The molecule has 0 spiro atoms. The molecule has 1 heterocycles. The van der Waals surface area contributed by atoms with E-state index in [9.17, 15) is 15.0 Å². The number of carbonyl (C=O) groups is 1. The molecule has 0 saturated carbocycles. The zero-order valence-corrected chi connectivity index (χ0v) is 13.4. The highest BCUT2D eigenvalue weighted by molar-refractivity contribution is 6.36. The summed E-state index contributed by atoms with van der Waals surface area (Å²) in [6, 6.07) is 5.91. The highest BCUT2D eigenvalue weighted by atomic mass is 35.5. The summed E-state index contributed by atoms with van der Waals surface area (Å²) in [7, 11) is 0. The van der Waals surface area contributed by atoms with Crippen molar-refractivity contribution in [2.24, 2.45) is 0 Å². The Morgan fingerprint density at radius 2 is 1.83 bits per heavy atom. The van der Waals surface area contributed by atoms with Crippen molar-refractivity contribution >= 4 is 34.9 Å². The molecule has 0 bridgehead atoms. The van der Waals surface area contributed by atoms with E-state index in [1.165, 1.54) is 18.2 Å². The first-order valence-corrected chi connectivity index (χ1v) is 7.64. The first kappa shape index (κ1) is 15.8. The van der Waals surface area contributed by atoms with E-state index in [1.54, 1.807) is 6.07 Å². The summed E-state index contributed by atoms with van der Waals surface area (Å²) in [5.41, 5.74) is 2.01. The van der Waals surface area contributed by atoms with E-state index >= 15 is 0 Å². The van der Waals surface area contributed by atoms with E-state index in [-0.39, 0.29) is 22.1 Å². The van der Waals surface area contributed by atoms with Crippen LogP contribution < -0.4 is 4.90 Å². The van der Waals surface area contributed by atoms with Crippen molar-refractivity contribution in [3.63, 3.8) is 0 Å². The Morgan fingerprint density at radius 1 is 1.09 bits per heavy atom. The molecule has 0 amide bonds. The van der Waals surface area contributed by atoms with Crippen LogP contribution in [0.4, 0.5) is 5.69 Å². The molecule has 120 valence electrons. The van der Waals surface area contributed by atoms with Crippen LogP contribution in [0.5, 0.6) is 11.5 Å². The van der Waals surface area contributed by atoms with Gasteiger partial charge in [-0.15, -0.1) is 0 Å². The molecule has 3 rings (SSSR count). The second-order valence-corrected chi connectivity index (χ2v) is 6.14. The van der Waals surface area contributed by atoms with Crippen molar-refractivity contribution in [3.05, 3.63) is 51.0 Å². The quantitative estimate of drug-likeness (QED) is 0.767. The molecule has 0 atom stereocenters. The number of fused-ring (bicyclic) bond motifs is 1. The first-order valence-electron chi connectivity index (χ1n) is 6.88. The van der Waals surface area contributed by atoms with Crippen LogP contribution >= 0.6 is 23.2 Å². The van der Waals surface area contributed by atoms with Crippen molar-refractivity contribution in [1.29, 1.82) is 0 Å². The smallest absolute Gasteiger partial charge is 0.339 e. The number of phenols is 2. The van der Waals surface area contributed by atoms with Gasteiger partial charge in [0.2, 0.25) is 0 Å². The van der Waals surface area contributed by atoms with Gasteiger partial charge >= 0.3 is 5.97 Å². The zero-order chi connectivity index (χ0) is 16.7. The number of halogens is 2. The fraction of sp³-hybridized carbons (Fsp3) is 0.188. The molecule has 3 N–H and O–H groups in total. The second kappa shape index (κ2) is 5.83. The van der Waals surface area contributed by atoms with E-state index in [2.05, 4.69) is 0 Å². The molecule has 0 aromatic heterocycles. The van der Waals surface area contributed by atoms with Gasteiger partial charge in [0, 0.05) is 35.4 Å². The molecule has 1 aliphatic heterocycles. The summed E-state index contributed by atoms with van der Waals surface area (Å²) in [6.07, 6.45) is 0.611. The molecule has 0 unspecified atom stereocenters. The third kappa shape index (κ3) is 2.78. The number of carboxylic acids is 1. The van der Waals surface area contributed by atoms with Crippen LogP contribution in [0.3, 0.4) is 0 Å². The zero-order valence-electron chi connectivity index (χ0n) is 11.9. The number of aromatic hydroxyl groups is 2. The van der Waals surface area contributed by atoms with Crippen LogP contribution in [0, 0.1) is 0 Å². The van der Waals surface area contributed by atoms with Crippen molar-refractivity contribution < 1.29 is 20.1 Å². The number of benzene rings is 2. The van der Waals surface area contributed by atoms with E-state index in [0.717, 1.165) is 5.56 Å². The Kier molecular flexibility index (Phi) is 4.00. The molecule has 0 radical (unpaired) electrons. The highest BCUT2D eigenvalue weighted by Crippen LogP contribution is 2.39. The van der Waals surface area contributed by atoms with Gasteiger partial charge in [-0.2, -0.15) is 0 Å². The number of hydrogen-bond donors (Lipinski definition) is 3. The lowest BCUT2D eigenvalue weighted by molar-refractivity contribution is 0.0694. The molecule has 0 aliphatic carbocycles. The molecular formula is C16H13Cl2NO4. The lowest BCUT2D eigenvalue weighted by Gasteiger charge is -2.32. The second-order valence-electron chi connectivity index (χ2n) is 5.32. The SMILES string of the molecule is O=C(O)c1ccc(N2CCc3c(Cl)cc(Cl)c(O)c3C2)cc1O. The van der Waals surface area contributed by atoms with Crippen LogP contribution in [0.2, 0.25) is 10.0 Å². The van der Waals surface area contributed by atoms with Crippen molar-refractivity contribution in [3.8, 4) is 11.5 Å². The molecule has 2 aromatic rings. The number of hydrogen-bond acceptors (Lipinski definition) is 4. The van der Waals surface area contributed by atoms with E-state index in [4.69, 9.17) is 28.3 Å². The fourth-order valence-corrected chi connectivity index (χ4v) is 3.37. The number of aromatic carboxylic acids is 1. The van der Waals surface area contributed by atoms with Gasteiger partial charge in [0.1, 0.15) is 17.1 Å². The molecule has 1 aliphatic rings. The maximum atomic E-state index is 11.0. The molecular weight excluding hydrogens is 341 g/mol. The highest BCUT2D eigenvalue weighted by Gasteiger charge is 2.24. The predicted molar refractivity (Wildman–Crippen MR) is 87.9 cm³/mol.